The number of likely N-dealkylation sites (N-methyl/N-ethyl adjacent to an activating group) is 1. The number of nitrogens with two attached hydrogens (primary N) is 1. The van der Waals surface area contributed by atoms with Gasteiger partial charge in [0.05, 0.1) is 11.7 Å². The lowest BCUT2D eigenvalue weighted by atomic mass is 10.1. The van der Waals surface area contributed by atoms with E-state index in [1.54, 1.807) is 7.05 Å². The number of aryl methyl sites for hydroxylation is 2. The van der Waals surface area contributed by atoms with Crippen LogP contribution in [0.25, 0.3) is 0 Å². The SMILES string of the molecule is CCc1nc(C)cn1C(C)C(NC)C(N)=O. The number of carbonyl (C=O) groups is 1. The Bertz CT molecular complexity index is 372. The molecule has 1 amide bonds. The fourth-order valence-electron chi connectivity index (χ4n) is 1.96. The minimum Gasteiger partial charge on any atom is -0.368 e. The van der Waals surface area contributed by atoms with Gasteiger partial charge in [0.2, 0.25) is 5.91 Å². The Morgan fingerprint density at radius 1 is 1.69 bits per heavy atom. The lowest BCUT2D eigenvalue weighted by Gasteiger charge is -2.23. The molecular weight excluding hydrogens is 204 g/mol. The van der Waals surface area contributed by atoms with E-state index < -0.39 is 0 Å². The lowest BCUT2D eigenvalue weighted by molar-refractivity contribution is -0.120. The molecule has 3 N–H and O–H groups in total. The molecule has 5 heteroatoms. The number of hydrogen-bond acceptors (Lipinski definition) is 3. The molecule has 16 heavy (non-hydrogen) atoms. The first-order valence-corrected chi connectivity index (χ1v) is 5.52. The van der Waals surface area contributed by atoms with Crippen LogP contribution in [0.3, 0.4) is 0 Å². The summed E-state index contributed by atoms with van der Waals surface area (Å²) in [5.41, 5.74) is 6.31. The van der Waals surface area contributed by atoms with Crippen LogP contribution in [-0.2, 0) is 11.2 Å². The molecule has 2 unspecified atom stereocenters. The highest BCUT2D eigenvalue weighted by molar-refractivity contribution is 5.80. The molecule has 0 fully saturated rings. The van der Waals surface area contributed by atoms with Gasteiger partial charge in [0.1, 0.15) is 11.9 Å². The minimum absolute atomic E-state index is 0.0290. The molecule has 0 aliphatic heterocycles. The van der Waals surface area contributed by atoms with Gasteiger partial charge in [-0.1, -0.05) is 6.92 Å². The average molecular weight is 224 g/mol. The highest BCUT2D eigenvalue weighted by Gasteiger charge is 2.23. The fraction of sp³-hybridized carbons (Fsp3) is 0.636. The van der Waals surface area contributed by atoms with E-state index in [9.17, 15) is 4.79 Å². The third-order valence-corrected chi connectivity index (χ3v) is 2.78. The van der Waals surface area contributed by atoms with Crippen LogP contribution in [0.2, 0.25) is 0 Å². The summed E-state index contributed by atoms with van der Waals surface area (Å²) in [7, 11) is 1.74. The maximum atomic E-state index is 11.3. The standard InChI is InChI=1S/C11H20N4O/c1-5-9-14-7(2)6-15(9)8(3)10(13-4)11(12)16/h6,8,10,13H,5H2,1-4H3,(H2,12,16). The molecule has 0 aliphatic carbocycles. The zero-order valence-electron chi connectivity index (χ0n) is 10.3. The van der Waals surface area contributed by atoms with E-state index in [4.69, 9.17) is 5.73 Å². The second kappa shape index (κ2) is 5.12. The van der Waals surface area contributed by atoms with Crippen molar-refractivity contribution < 1.29 is 4.79 Å². The van der Waals surface area contributed by atoms with Crippen molar-refractivity contribution in [1.82, 2.24) is 14.9 Å². The zero-order valence-corrected chi connectivity index (χ0v) is 10.3. The number of carbonyl (C=O) groups excluding carboxylic acids is 1. The van der Waals surface area contributed by atoms with Crippen LogP contribution in [0.4, 0.5) is 0 Å². The van der Waals surface area contributed by atoms with Crippen molar-refractivity contribution in [2.75, 3.05) is 7.05 Å². The van der Waals surface area contributed by atoms with Crippen molar-refractivity contribution in [1.29, 1.82) is 0 Å². The maximum absolute atomic E-state index is 11.3. The summed E-state index contributed by atoms with van der Waals surface area (Å²) in [4.78, 5) is 15.7. The predicted molar refractivity (Wildman–Crippen MR) is 63.1 cm³/mol. The summed E-state index contributed by atoms with van der Waals surface area (Å²) >= 11 is 0. The Morgan fingerprint density at radius 3 is 2.75 bits per heavy atom. The van der Waals surface area contributed by atoms with E-state index >= 15 is 0 Å². The van der Waals surface area contributed by atoms with E-state index in [-0.39, 0.29) is 18.0 Å². The van der Waals surface area contributed by atoms with Gasteiger partial charge in [0.15, 0.2) is 0 Å². The van der Waals surface area contributed by atoms with E-state index in [1.165, 1.54) is 0 Å². The molecule has 1 heterocycles. The summed E-state index contributed by atoms with van der Waals surface area (Å²) in [6, 6.07) is -0.405. The monoisotopic (exact) mass is 224 g/mol. The summed E-state index contributed by atoms with van der Waals surface area (Å²) in [5.74, 6) is 0.634. The first-order chi connectivity index (χ1) is 7.51. The smallest absolute Gasteiger partial charge is 0.236 e. The summed E-state index contributed by atoms with van der Waals surface area (Å²) in [5, 5.41) is 2.94. The molecule has 1 aromatic heterocycles. The minimum atomic E-state index is -0.376. The van der Waals surface area contributed by atoms with E-state index in [0.29, 0.717) is 0 Å². The van der Waals surface area contributed by atoms with Crippen LogP contribution in [0.5, 0.6) is 0 Å². The normalized spacial score (nSPS) is 14.8. The second-order valence-electron chi connectivity index (χ2n) is 3.97. The summed E-state index contributed by atoms with van der Waals surface area (Å²) in [6.45, 7) is 5.96. The van der Waals surface area contributed by atoms with E-state index in [1.807, 2.05) is 31.5 Å². The maximum Gasteiger partial charge on any atom is 0.236 e. The van der Waals surface area contributed by atoms with Gasteiger partial charge in [-0.25, -0.2) is 4.98 Å². The van der Waals surface area contributed by atoms with Crippen LogP contribution >= 0.6 is 0 Å². The third kappa shape index (κ3) is 2.41. The largest absolute Gasteiger partial charge is 0.368 e. The van der Waals surface area contributed by atoms with Gasteiger partial charge in [-0.15, -0.1) is 0 Å². The molecule has 1 aromatic rings. The highest BCUT2D eigenvalue weighted by Crippen LogP contribution is 2.15. The van der Waals surface area contributed by atoms with Gasteiger partial charge < -0.3 is 15.6 Å². The molecule has 0 saturated carbocycles. The average Bonchev–Trinajstić information content (AvgIpc) is 2.59. The molecule has 5 nitrogen and oxygen atoms in total. The van der Waals surface area contributed by atoms with Crippen LogP contribution in [0.1, 0.15) is 31.4 Å². The number of nitrogens with one attached hydrogen (secondary N) is 1. The van der Waals surface area contributed by atoms with Gasteiger partial charge in [-0.05, 0) is 20.9 Å². The Balaban J connectivity index is 3.02. The molecule has 90 valence electrons. The molecule has 0 radical (unpaired) electrons. The lowest BCUT2D eigenvalue weighted by Crippen LogP contribution is -2.44. The number of hydrogen-bond donors (Lipinski definition) is 2. The van der Waals surface area contributed by atoms with Gasteiger partial charge >= 0.3 is 0 Å². The van der Waals surface area contributed by atoms with Crippen molar-refractivity contribution in [3.63, 3.8) is 0 Å². The molecular formula is C11H20N4O. The Labute approximate surface area is 96.0 Å². The number of nitrogens with zero attached hydrogens (tertiary/aromatic N) is 2. The first kappa shape index (κ1) is 12.7. The highest BCUT2D eigenvalue weighted by atomic mass is 16.1. The van der Waals surface area contributed by atoms with Gasteiger partial charge in [-0.3, -0.25) is 4.79 Å². The first-order valence-electron chi connectivity index (χ1n) is 5.52. The van der Waals surface area contributed by atoms with E-state index in [0.717, 1.165) is 17.9 Å². The zero-order chi connectivity index (χ0) is 12.3. The van der Waals surface area contributed by atoms with Gasteiger partial charge in [0, 0.05) is 12.6 Å². The van der Waals surface area contributed by atoms with Crippen LogP contribution in [0.15, 0.2) is 6.20 Å². The number of rotatable bonds is 5. The van der Waals surface area contributed by atoms with Crippen molar-refractivity contribution in [3.05, 3.63) is 17.7 Å². The van der Waals surface area contributed by atoms with Crippen LogP contribution in [0, 0.1) is 6.92 Å². The number of amides is 1. The van der Waals surface area contributed by atoms with Crippen LogP contribution < -0.4 is 11.1 Å². The number of primary amides is 1. The summed E-state index contributed by atoms with van der Waals surface area (Å²) < 4.78 is 2.02. The quantitative estimate of drug-likeness (QED) is 0.760. The predicted octanol–water partition coefficient (Wildman–Crippen LogP) is 0.388. The Kier molecular flexibility index (Phi) is 4.06. The number of aromatic nitrogens is 2. The van der Waals surface area contributed by atoms with Crippen LogP contribution in [-0.4, -0.2) is 28.5 Å². The molecule has 0 saturated heterocycles. The summed E-state index contributed by atoms with van der Waals surface area (Å²) in [6.07, 6.45) is 2.80. The van der Waals surface area contributed by atoms with Gasteiger partial charge in [-0.2, -0.15) is 0 Å². The molecule has 0 aromatic carbocycles. The second-order valence-corrected chi connectivity index (χ2v) is 3.97. The molecule has 0 spiro atoms. The fourth-order valence-corrected chi connectivity index (χ4v) is 1.96. The molecule has 0 bridgehead atoms. The molecule has 0 aliphatic rings. The molecule has 2 atom stereocenters. The number of imidazole rings is 1. The Hall–Kier alpha value is -1.36. The van der Waals surface area contributed by atoms with Gasteiger partial charge in [0.25, 0.3) is 0 Å². The topological polar surface area (TPSA) is 72.9 Å². The third-order valence-electron chi connectivity index (χ3n) is 2.78. The van der Waals surface area contributed by atoms with Crippen molar-refractivity contribution in [2.45, 2.75) is 39.3 Å². The van der Waals surface area contributed by atoms with E-state index in [2.05, 4.69) is 10.3 Å². The Morgan fingerprint density at radius 2 is 2.31 bits per heavy atom. The van der Waals surface area contributed by atoms with Crippen molar-refractivity contribution in [3.8, 4) is 0 Å². The van der Waals surface area contributed by atoms with Crippen molar-refractivity contribution in [2.24, 2.45) is 5.73 Å². The molecule has 1 rings (SSSR count). The van der Waals surface area contributed by atoms with Crippen molar-refractivity contribution >= 4 is 5.91 Å².